The van der Waals surface area contributed by atoms with Crippen molar-refractivity contribution in [2.45, 2.75) is 44.6 Å². The van der Waals surface area contributed by atoms with Crippen LogP contribution in [0.15, 0.2) is 0 Å². The molecule has 3 nitrogen and oxygen atoms in total. The van der Waals surface area contributed by atoms with E-state index in [4.69, 9.17) is 4.74 Å². The summed E-state index contributed by atoms with van der Waals surface area (Å²) in [4.78, 5) is 12.0. The normalized spacial score (nSPS) is 28.9. The Morgan fingerprint density at radius 3 is 2.67 bits per heavy atom. The molecule has 0 spiro atoms. The third kappa shape index (κ3) is 3.28. The smallest absolute Gasteiger partial charge is 0.150 e. The molecule has 1 unspecified atom stereocenters. The maximum Gasteiger partial charge on any atom is 0.150 e. The molecule has 1 atom stereocenters. The standard InChI is InChI=1S/C12H21NO2/c14-12(11-3-1-2-6-13-11)9-10-4-7-15-8-5-10/h10-11,13H,1-9H2. The minimum Gasteiger partial charge on any atom is -0.381 e. The Morgan fingerprint density at radius 2 is 2.00 bits per heavy atom. The number of ketones is 1. The molecule has 0 aliphatic carbocycles. The summed E-state index contributed by atoms with van der Waals surface area (Å²) >= 11 is 0. The average Bonchev–Trinajstić information content (AvgIpc) is 2.31. The van der Waals surface area contributed by atoms with Gasteiger partial charge in [-0.2, -0.15) is 0 Å². The number of carbonyl (C=O) groups excluding carboxylic acids is 1. The van der Waals surface area contributed by atoms with Crippen molar-refractivity contribution in [1.82, 2.24) is 5.32 Å². The van der Waals surface area contributed by atoms with E-state index in [0.29, 0.717) is 11.7 Å². The van der Waals surface area contributed by atoms with Gasteiger partial charge in [0.2, 0.25) is 0 Å². The van der Waals surface area contributed by atoms with Crippen LogP contribution in [0.2, 0.25) is 0 Å². The molecule has 2 aliphatic rings. The molecule has 15 heavy (non-hydrogen) atoms. The van der Waals surface area contributed by atoms with Gasteiger partial charge in [-0.25, -0.2) is 0 Å². The summed E-state index contributed by atoms with van der Waals surface area (Å²) in [5, 5.41) is 3.33. The van der Waals surface area contributed by atoms with Crippen molar-refractivity contribution in [3.05, 3.63) is 0 Å². The van der Waals surface area contributed by atoms with Crippen molar-refractivity contribution >= 4 is 5.78 Å². The Balaban J connectivity index is 1.74. The number of piperidine rings is 1. The van der Waals surface area contributed by atoms with Gasteiger partial charge in [0.25, 0.3) is 0 Å². The van der Waals surface area contributed by atoms with Crippen molar-refractivity contribution < 1.29 is 9.53 Å². The summed E-state index contributed by atoms with van der Waals surface area (Å²) in [6, 6.07) is 0.154. The number of hydrogen-bond acceptors (Lipinski definition) is 3. The third-order valence-electron chi connectivity index (χ3n) is 3.53. The van der Waals surface area contributed by atoms with Gasteiger partial charge in [0.05, 0.1) is 6.04 Å². The van der Waals surface area contributed by atoms with E-state index in [1.807, 2.05) is 0 Å². The van der Waals surface area contributed by atoms with Crippen LogP contribution in [0.3, 0.4) is 0 Å². The minimum absolute atomic E-state index is 0.154. The molecule has 2 heterocycles. The van der Waals surface area contributed by atoms with Gasteiger partial charge < -0.3 is 10.1 Å². The topological polar surface area (TPSA) is 38.3 Å². The minimum atomic E-state index is 0.154. The van der Waals surface area contributed by atoms with Crippen LogP contribution < -0.4 is 5.32 Å². The van der Waals surface area contributed by atoms with Gasteiger partial charge in [-0.1, -0.05) is 6.42 Å². The van der Waals surface area contributed by atoms with E-state index in [-0.39, 0.29) is 6.04 Å². The van der Waals surface area contributed by atoms with Crippen molar-refractivity contribution in [1.29, 1.82) is 0 Å². The highest BCUT2D eigenvalue weighted by Gasteiger charge is 2.24. The van der Waals surface area contributed by atoms with E-state index in [1.165, 1.54) is 12.8 Å². The molecule has 86 valence electrons. The van der Waals surface area contributed by atoms with Gasteiger partial charge in [-0.05, 0) is 38.1 Å². The third-order valence-corrected chi connectivity index (χ3v) is 3.53. The molecule has 1 N–H and O–H groups in total. The van der Waals surface area contributed by atoms with Crippen LogP contribution in [-0.2, 0) is 9.53 Å². The second kappa shape index (κ2) is 5.61. The molecule has 0 saturated carbocycles. The summed E-state index contributed by atoms with van der Waals surface area (Å²) in [6.45, 7) is 2.70. The lowest BCUT2D eigenvalue weighted by atomic mass is 9.89. The van der Waals surface area contributed by atoms with E-state index < -0.39 is 0 Å². The molecule has 0 aromatic rings. The summed E-state index contributed by atoms with van der Waals surface area (Å²) < 4.78 is 5.30. The fraction of sp³-hybridized carbons (Fsp3) is 0.917. The Hall–Kier alpha value is -0.410. The van der Waals surface area contributed by atoms with Gasteiger partial charge in [0.15, 0.2) is 0 Å². The largest absolute Gasteiger partial charge is 0.381 e. The van der Waals surface area contributed by atoms with E-state index >= 15 is 0 Å². The molecule has 0 amide bonds. The van der Waals surface area contributed by atoms with E-state index in [9.17, 15) is 4.79 Å². The SMILES string of the molecule is O=C(CC1CCOCC1)C1CCCCN1. The maximum absolute atomic E-state index is 12.0. The highest BCUT2D eigenvalue weighted by atomic mass is 16.5. The summed E-state index contributed by atoms with van der Waals surface area (Å²) in [5.74, 6) is 1.01. The van der Waals surface area contributed by atoms with Crippen molar-refractivity contribution in [2.24, 2.45) is 5.92 Å². The molecule has 2 saturated heterocycles. The first-order valence-electron chi connectivity index (χ1n) is 6.20. The van der Waals surface area contributed by atoms with E-state index in [1.54, 1.807) is 0 Å². The van der Waals surface area contributed by atoms with Gasteiger partial charge in [-0.3, -0.25) is 4.79 Å². The molecule has 2 fully saturated rings. The quantitative estimate of drug-likeness (QED) is 0.769. The number of hydrogen-bond donors (Lipinski definition) is 1. The second-order valence-corrected chi connectivity index (χ2v) is 4.73. The van der Waals surface area contributed by atoms with Gasteiger partial charge >= 0.3 is 0 Å². The number of carbonyl (C=O) groups is 1. The number of ether oxygens (including phenoxy) is 1. The number of Topliss-reactive ketones (excluding diaryl/α,β-unsaturated/α-hetero) is 1. The fourth-order valence-electron chi connectivity index (χ4n) is 2.50. The highest BCUT2D eigenvalue weighted by Crippen LogP contribution is 2.20. The molecule has 3 heteroatoms. The Labute approximate surface area is 91.6 Å². The lowest BCUT2D eigenvalue weighted by Gasteiger charge is -2.26. The predicted octanol–water partition coefficient (Wildman–Crippen LogP) is 1.51. The maximum atomic E-state index is 12.0. The predicted molar refractivity (Wildman–Crippen MR) is 58.8 cm³/mol. The van der Waals surface area contributed by atoms with Crippen LogP contribution in [0.25, 0.3) is 0 Å². The number of rotatable bonds is 3. The summed E-state index contributed by atoms with van der Waals surface area (Å²) in [6.07, 6.45) is 6.37. The monoisotopic (exact) mass is 211 g/mol. The molecule has 0 aromatic heterocycles. The molecular weight excluding hydrogens is 190 g/mol. The van der Waals surface area contributed by atoms with Gasteiger partial charge in [-0.15, -0.1) is 0 Å². The summed E-state index contributed by atoms with van der Waals surface area (Å²) in [7, 11) is 0. The van der Waals surface area contributed by atoms with Crippen molar-refractivity contribution in [2.75, 3.05) is 19.8 Å². The van der Waals surface area contributed by atoms with Crippen molar-refractivity contribution in [3.63, 3.8) is 0 Å². The molecular formula is C12H21NO2. The second-order valence-electron chi connectivity index (χ2n) is 4.73. The molecule has 0 radical (unpaired) electrons. The number of nitrogens with one attached hydrogen (secondary N) is 1. The van der Waals surface area contributed by atoms with Gasteiger partial charge in [0.1, 0.15) is 5.78 Å². The summed E-state index contributed by atoms with van der Waals surface area (Å²) in [5.41, 5.74) is 0. The molecule has 2 aliphatic heterocycles. The van der Waals surface area contributed by atoms with E-state index in [2.05, 4.69) is 5.32 Å². The highest BCUT2D eigenvalue weighted by molar-refractivity contribution is 5.84. The Morgan fingerprint density at radius 1 is 1.20 bits per heavy atom. The zero-order valence-corrected chi connectivity index (χ0v) is 9.34. The Bertz CT molecular complexity index is 206. The van der Waals surface area contributed by atoms with E-state index in [0.717, 1.165) is 45.4 Å². The zero-order chi connectivity index (χ0) is 10.5. The van der Waals surface area contributed by atoms with Crippen molar-refractivity contribution in [3.8, 4) is 0 Å². The molecule has 0 aromatic carbocycles. The van der Waals surface area contributed by atoms with Crippen LogP contribution in [-0.4, -0.2) is 31.6 Å². The van der Waals surface area contributed by atoms with Crippen LogP contribution in [0.1, 0.15) is 38.5 Å². The first-order valence-corrected chi connectivity index (χ1v) is 6.20. The molecule has 2 rings (SSSR count). The zero-order valence-electron chi connectivity index (χ0n) is 9.34. The Kier molecular flexibility index (Phi) is 4.15. The average molecular weight is 211 g/mol. The molecule has 0 bridgehead atoms. The fourth-order valence-corrected chi connectivity index (χ4v) is 2.50. The van der Waals surface area contributed by atoms with Gasteiger partial charge in [0, 0.05) is 19.6 Å². The van der Waals surface area contributed by atoms with Crippen LogP contribution in [0.5, 0.6) is 0 Å². The van der Waals surface area contributed by atoms with Crippen LogP contribution in [0.4, 0.5) is 0 Å². The first-order chi connectivity index (χ1) is 7.36. The van der Waals surface area contributed by atoms with Crippen LogP contribution >= 0.6 is 0 Å². The first kappa shape index (κ1) is 11.1. The lowest BCUT2D eigenvalue weighted by molar-refractivity contribution is -0.123. The van der Waals surface area contributed by atoms with Crippen LogP contribution in [0, 0.1) is 5.92 Å². The lowest BCUT2D eigenvalue weighted by Crippen LogP contribution is -2.41.